The molecule has 29 heavy (non-hydrogen) atoms. The van der Waals surface area contributed by atoms with E-state index in [9.17, 15) is 9.59 Å². The summed E-state index contributed by atoms with van der Waals surface area (Å²) in [5.74, 6) is 1.56. The molecule has 2 fully saturated rings. The van der Waals surface area contributed by atoms with E-state index in [4.69, 9.17) is 4.74 Å². The molecule has 0 aromatic carbocycles. The highest BCUT2D eigenvalue weighted by molar-refractivity contribution is 5.75. The van der Waals surface area contributed by atoms with Gasteiger partial charge in [0.05, 0.1) is 0 Å². The van der Waals surface area contributed by atoms with Crippen molar-refractivity contribution in [2.24, 2.45) is 17.8 Å². The van der Waals surface area contributed by atoms with E-state index >= 15 is 0 Å². The topological polar surface area (TPSA) is 74.8 Å². The predicted octanol–water partition coefficient (Wildman–Crippen LogP) is 3.39. The third-order valence-electron chi connectivity index (χ3n) is 6.37. The number of carbonyl (C=O) groups is 2. The minimum Gasteiger partial charge on any atom is -0.444 e. The largest absolute Gasteiger partial charge is 0.444 e. The van der Waals surface area contributed by atoms with Gasteiger partial charge in [-0.3, -0.25) is 4.98 Å². The van der Waals surface area contributed by atoms with Gasteiger partial charge in [-0.05, 0) is 75.0 Å². The van der Waals surface area contributed by atoms with Crippen LogP contribution in [-0.4, -0.2) is 52.1 Å². The molecule has 7 heteroatoms. The molecule has 0 bridgehead atoms. The SMILES string of the molecule is CC(C)(C)OC(=O)N1CC2CCC(CNC(=O)N3Cc4ccncc4C3)C[C@H]2C1. The van der Waals surface area contributed by atoms with Crippen LogP contribution in [0.3, 0.4) is 0 Å². The van der Waals surface area contributed by atoms with E-state index < -0.39 is 5.60 Å². The van der Waals surface area contributed by atoms with Crippen LogP contribution in [0.1, 0.15) is 51.2 Å². The summed E-state index contributed by atoms with van der Waals surface area (Å²) in [7, 11) is 0. The number of hydrogen-bond donors (Lipinski definition) is 1. The highest BCUT2D eigenvalue weighted by Crippen LogP contribution is 2.39. The molecule has 3 atom stereocenters. The van der Waals surface area contributed by atoms with Crippen LogP contribution in [-0.2, 0) is 17.8 Å². The molecule has 1 saturated heterocycles. The summed E-state index contributed by atoms with van der Waals surface area (Å²) in [5.41, 5.74) is 1.86. The summed E-state index contributed by atoms with van der Waals surface area (Å²) < 4.78 is 5.54. The molecule has 7 nitrogen and oxygen atoms in total. The Morgan fingerprint density at radius 1 is 1.14 bits per heavy atom. The van der Waals surface area contributed by atoms with Crippen LogP contribution in [0, 0.1) is 17.8 Å². The van der Waals surface area contributed by atoms with E-state index in [2.05, 4.69) is 10.3 Å². The second kappa shape index (κ2) is 7.84. The van der Waals surface area contributed by atoms with Gasteiger partial charge >= 0.3 is 12.1 Å². The molecule has 0 spiro atoms. The van der Waals surface area contributed by atoms with E-state index in [-0.39, 0.29) is 12.1 Å². The van der Waals surface area contributed by atoms with Crippen molar-refractivity contribution in [2.75, 3.05) is 19.6 Å². The van der Waals surface area contributed by atoms with Crippen molar-refractivity contribution < 1.29 is 14.3 Å². The van der Waals surface area contributed by atoms with E-state index in [1.807, 2.05) is 42.8 Å². The summed E-state index contributed by atoms with van der Waals surface area (Å²) >= 11 is 0. The maximum atomic E-state index is 12.6. The summed E-state index contributed by atoms with van der Waals surface area (Å²) in [5, 5.41) is 3.14. The first-order chi connectivity index (χ1) is 13.8. The number of nitrogens with one attached hydrogen (secondary N) is 1. The maximum absolute atomic E-state index is 12.6. The molecule has 4 rings (SSSR count). The lowest BCUT2D eigenvalue weighted by Gasteiger charge is -2.31. The fraction of sp³-hybridized carbons (Fsp3) is 0.682. The van der Waals surface area contributed by atoms with Gasteiger partial charge in [0, 0.05) is 45.1 Å². The van der Waals surface area contributed by atoms with E-state index in [1.54, 1.807) is 6.20 Å². The summed E-state index contributed by atoms with van der Waals surface area (Å²) in [4.78, 5) is 32.8. The molecular weight excluding hydrogens is 368 g/mol. The van der Waals surface area contributed by atoms with Crippen LogP contribution in [0.5, 0.6) is 0 Å². The number of hydrogen-bond acceptors (Lipinski definition) is 4. The van der Waals surface area contributed by atoms with Crippen LogP contribution >= 0.6 is 0 Å². The Morgan fingerprint density at radius 2 is 1.90 bits per heavy atom. The molecule has 3 aliphatic rings. The number of urea groups is 1. The van der Waals surface area contributed by atoms with Gasteiger partial charge in [-0.25, -0.2) is 9.59 Å². The van der Waals surface area contributed by atoms with E-state index in [0.29, 0.717) is 37.4 Å². The zero-order chi connectivity index (χ0) is 20.6. The first-order valence-electron chi connectivity index (χ1n) is 10.7. The number of carbonyl (C=O) groups excluding carboxylic acids is 2. The number of aromatic nitrogens is 1. The molecule has 2 unspecified atom stereocenters. The molecule has 1 aliphatic carbocycles. The van der Waals surface area contributed by atoms with Gasteiger partial charge in [0.25, 0.3) is 0 Å². The van der Waals surface area contributed by atoms with Gasteiger partial charge in [0.1, 0.15) is 5.60 Å². The van der Waals surface area contributed by atoms with Gasteiger partial charge in [0.15, 0.2) is 0 Å². The Bertz CT molecular complexity index is 751. The Kier molecular flexibility index (Phi) is 5.40. The normalized spacial score (nSPS) is 26.1. The van der Waals surface area contributed by atoms with Gasteiger partial charge in [-0.1, -0.05) is 0 Å². The Morgan fingerprint density at radius 3 is 2.66 bits per heavy atom. The van der Waals surface area contributed by atoms with Gasteiger partial charge in [0.2, 0.25) is 0 Å². The molecular formula is C22H32N4O3. The fourth-order valence-corrected chi connectivity index (χ4v) is 4.90. The van der Waals surface area contributed by atoms with Crippen LogP contribution < -0.4 is 5.32 Å². The highest BCUT2D eigenvalue weighted by atomic mass is 16.6. The van der Waals surface area contributed by atoms with Crippen molar-refractivity contribution in [1.82, 2.24) is 20.1 Å². The fourth-order valence-electron chi connectivity index (χ4n) is 4.90. The number of ether oxygens (including phenoxy) is 1. The molecule has 1 N–H and O–H groups in total. The third kappa shape index (κ3) is 4.65. The minimum absolute atomic E-state index is 0.00475. The molecule has 3 heterocycles. The second-order valence-corrected chi connectivity index (χ2v) is 9.77. The first-order valence-corrected chi connectivity index (χ1v) is 10.7. The van der Waals surface area contributed by atoms with Gasteiger partial charge in [-0.15, -0.1) is 0 Å². The molecule has 1 aromatic rings. The zero-order valence-corrected chi connectivity index (χ0v) is 17.7. The molecule has 2 aliphatic heterocycles. The lowest BCUT2D eigenvalue weighted by Crippen LogP contribution is -2.40. The summed E-state index contributed by atoms with van der Waals surface area (Å²) in [6.07, 6.45) is 6.72. The van der Waals surface area contributed by atoms with Crippen molar-refractivity contribution in [2.45, 2.75) is 58.7 Å². The quantitative estimate of drug-likeness (QED) is 0.826. The Hall–Kier alpha value is -2.31. The van der Waals surface area contributed by atoms with Crippen molar-refractivity contribution in [3.8, 4) is 0 Å². The number of amides is 3. The standard InChI is InChI=1S/C22H32N4O3/c1-22(2,3)29-21(28)26-12-16-5-4-15(8-18(16)13-26)9-24-20(27)25-11-17-6-7-23-10-19(17)14-25/h6-7,10,15-16,18H,4-5,8-9,11-14H2,1-3H3,(H,24,27)/t15?,16?,18-/m0/s1. The van der Waals surface area contributed by atoms with Gasteiger partial charge < -0.3 is 19.9 Å². The smallest absolute Gasteiger partial charge is 0.410 e. The number of rotatable bonds is 2. The predicted molar refractivity (Wildman–Crippen MR) is 109 cm³/mol. The van der Waals surface area contributed by atoms with E-state index in [1.165, 1.54) is 5.56 Å². The van der Waals surface area contributed by atoms with Crippen molar-refractivity contribution >= 4 is 12.1 Å². The monoisotopic (exact) mass is 400 g/mol. The molecule has 158 valence electrons. The average Bonchev–Trinajstić information content (AvgIpc) is 3.28. The van der Waals surface area contributed by atoms with E-state index in [0.717, 1.165) is 37.9 Å². The number of nitrogens with zero attached hydrogens (tertiary/aromatic N) is 3. The Balaban J connectivity index is 1.23. The number of likely N-dealkylation sites (tertiary alicyclic amines) is 1. The summed E-state index contributed by atoms with van der Waals surface area (Å²) in [6.45, 7) is 9.29. The molecule has 1 saturated carbocycles. The highest BCUT2D eigenvalue weighted by Gasteiger charge is 2.40. The number of pyridine rings is 1. The Labute approximate surface area is 172 Å². The lowest BCUT2D eigenvalue weighted by molar-refractivity contribution is 0.0284. The van der Waals surface area contributed by atoms with Gasteiger partial charge in [-0.2, -0.15) is 0 Å². The van der Waals surface area contributed by atoms with Crippen LogP contribution in [0.25, 0.3) is 0 Å². The molecule has 1 aromatic heterocycles. The lowest BCUT2D eigenvalue weighted by atomic mass is 9.76. The first kappa shape index (κ1) is 20.0. The summed E-state index contributed by atoms with van der Waals surface area (Å²) in [6, 6.07) is 1.99. The van der Waals surface area contributed by atoms with Crippen molar-refractivity contribution in [1.29, 1.82) is 0 Å². The van der Waals surface area contributed by atoms with Crippen LogP contribution in [0.2, 0.25) is 0 Å². The number of fused-ring (bicyclic) bond motifs is 2. The van der Waals surface area contributed by atoms with Crippen molar-refractivity contribution in [3.05, 3.63) is 29.6 Å². The maximum Gasteiger partial charge on any atom is 0.410 e. The van der Waals surface area contributed by atoms with Crippen LogP contribution in [0.4, 0.5) is 9.59 Å². The van der Waals surface area contributed by atoms with Crippen LogP contribution in [0.15, 0.2) is 18.5 Å². The third-order valence-corrected chi connectivity index (χ3v) is 6.37. The second-order valence-electron chi connectivity index (χ2n) is 9.77. The zero-order valence-electron chi connectivity index (χ0n) is 17.7. The molecule has 0 radical (unpaired) electrons. The minimum atomic E-state index is -0.455. The molecule has 3 amide bonds. The average molecular weight is 401 g/mol. The van der Waals surface area contributed by atoms with Crippen molar-refractivity contribution in [3.63, 3.8) is 0 Å².